The molecule has 0 aliphatic rings. The van der Waals surface area contributed by atoms with Crippen LogP contribution in [0.2, 0.25) is 10.0 Å². The van der Waals surface area contributed by atoms with Gasteiger partial charge in [0.15, 0.2) is 11.0 Å². The van der Waals surface area contributed by atoms with Crippen molar-refractivity contribution in [3.63, 3.8) is 0 Å². The Morgan fingerprint density at radius 2 is 1.87 bits per heavy atom. The SMILES string of the molecule is Cc1ccc(-n2c(SCC(=O)Nc3ncc(Cl)cc3Cl)nc3ccccc3c2=O)cc1. The molecular formula is C22H16Cl2N4O2S. The third-order valence-electron chi connectivity index (χ3n) is 4.44. The molecule has 1 N–H and O–H groups in total. The number of thioether (sulfide) groups is 1. The molecule has 1 amide bonds. The number of aryl methyl sites for hydroxylation is 1. The smallest absolute Gasteiger partial charge is 0.266 e. The largest absolute Gasteiger partial charge is 0.309 e. The Morgan fingerprint density at radius 1 is 1.13 bits per heavy atom. The lowest BCUT2D eigenvalue weighted by Gasteiger charge is -2.13. The first kappa shape index (κ1) is 21.4. The lowest BCUT2D eigenvalue weighted by atomic mass is 10.2. The minimum atomic E-state index is -0.334. The maximum absolute atomic E-state index is 13.2. The Hall–Kier alpha value is -2.87. The monoisotopic (exact) mass is 470 g/mol. The van der Waals surface area contributed by atoms with Crippen molar-refractivity contribution in [3.8, 4) is 5.69 Å². The molecule has 2 heterocycles. The van der Waals surface area contributed by atoms with Crippen LogP contribution < -0.4 is 10.9 Å². The van der Waals surface area contributed by atoms with Gasteiger partial charge in [-0.25, -0.2) is 9.97 Å². The van der Waals surface area contributed by atoms with Gasteiger partial charge in [0.1, 0.15) is 0 Å². The van der Waals surface area contributed by atoms with Crippen molar-refractivity contribution < 1.29 is 4.79 Å². The maximum atomic E-state index is 13.2. The summed E-state index contributed by atoms with van der Waals surface area (Å²) in [4.78, 5) is 34.4. The molecule has 6 nitrogen and oxygen atoms in total. The molecule has 0 spiro atoms. The summed E-state index contributed by atoms with van der Waals surface area (Å²) in [6.45, 7) is 1.97. The van der Waals surface area contributed by atoms with Gasteiger partial charge >= 0.3 is 0 Å². The molecule has 0 radical (unpaired) electrons. The van der Waals surface area contributed by atoms with Gasteiger partial charge < -0.3 is 5.32 Å². The topological polar surface area (TPSA) is 76.9 Å². The summed E-state index contributed by atoms with van der Waals surface area (Å²) >= 11 is 13.1. The van der Waals surface area contributed by atoms with Gasteiger partial charge in [-0.3, -0.25) is 14.2 Å². The highest BCUT2D eigenvalue weighted by atomic mass is 35.5. The van der Waals surface area contributed by atoms with Crippen LogP contribution in [0.3, 0.4) is 0 Å². The number of anilines is 1. The van der Waals surface area contributed by atoms with Crippen molar-refractivity contribution in [2.75, 3.05) is 11.1 Å². The maximum Gasteiger partial charge on any atom is 0.266 e. The standard InChI is InChI=1S/C22H16Cl2N4O2S/c1-13-6-8-15(9-7-13)28-21(30)16-4-2-3-5-18(16)26-22(28)31-12-19(29)27-20-17(24)10-14(23)11-25-20/h2-11H,12H2,1H3,(H,25,27,29). The second kappa shape index (κ2) is 9.09. The molecule has 0 atom stereocenters. The molecule has 0 saturated carbocycles. The molecule has 0 aliphatic carbocycles. The van der Waals surface area contributed by atoms with E-state index in [9.17, 15) is 9.59 Å². The van der Waals surface area contributed by atoms with Gasteiger partial charge in [0.2, 0.25) is 5.91 Å². The molecule has 4 rings (SSSR count). The van der Waals surface area contributed by atoms with Crippen molar-refractivity contribution in [2.24, 2.45) is 0 Å². The van der Waals surface area contributed by atoms with Crippen LogP contribution >= 0.6 is 35.0 Å². The van der Waals surface area contributed by atoms with Crippen LogP contribution in [0.5, 0.6) is 0 Å². The van der Waals surface area contributed by atoms with E-state index in [0.717, 1.165) is 17.3 Å². The second-order valence-electron chi connectivity index (χ2n) is 6.71. The number of amides is 1. The number of benzene rings is 2. The normalized spacial score (nSPS) is 10.9. The number of para-hydroxylation sites is 1. The lowest BCUT2D eigenvalue weighted by Crippen LogP contribution is -2.23. The van der Waals surface area contributed by atoms with E-state index in [1.807, 2.05) is 37.3 Å². The van der Waals surface area contributed by atoms with Crippen LogP contribution in [-0.2, 0) is 4.79 Å². The Labute approximate surface area is 192 Å². The number of nitrogens with one attached hydrogen (secondary N) is 1. The average Bonchev–Trinajstić information content (AvgIpc) is 2.75. The number of rotatable bonds is 5. The molecule has 0 fully saturated rings. The highest BCUT2D eigenvalue weighted by Crippen LogP contribution is 2.24. The number of carbonyl (C=O) groups is 1. The van der Waals surface area contributed by atoms with Crippen LogP contribution in [0.25, 0.3) is 16.6 Å². The van der Waals surface area contributed by atoms with E-state index in [1.54, 1.807) is 18.2 Å². The number of hydrogen-bond acceptors (Lipinski definition) is 5. The fraction of sp³-hybridized carbons (Fsp3) is 0.0909. The summed E-state index contributed by atoms with van der Waals surface area (Å²) < 4.78 is 1.52. The molecule has 2 aromatic heterocycles. The van der Waals surface area contributed by atoms with Crippen LogP contribution in [0.4, 0.5) is 5.82 Å². The Balaban J connectivity index is 1.66. The molecule has 31 heavy (non-hydrogen) atoms. The van der Waals surface area contributed by atoms with Crippen molar-refractivity contribution in [3.05, 3.63) is 86.8 Å². The summed E-state index contributed by atoms with van der Waals surface area (Å²) in [5, 5.41) is 4.19. The van der Waals surface area contributed by atoms with E-state index >= 15 is 0 Å². The molecule has 0 bridgehead atoms. The molecule has 0 aliphatic heterocycles. The van der Waals surface area contributed by atoms with E-state index in [1.165, 1.54) is 16.8 Å². The van der Waals surface area contributed by atoms with E-state index in [0.29, 0.717) is 26.8 Å². The van der Waals surface area contributed by atoms with E-state index in [-0.39, 0.29) is 28.1 Å². The molecule has 0 unspecified atom stereocenters. The fourth-order valence-electron chi connectivity index (χ4n) is 2.94. The Bertz CT molecular complexity index is 1340. The summed E-state index contributed by atoms with van der Waals surface area (Å²) in [7, 11) is 0. The minimum absolute atomic E-state index is 0.0112. The zero-order valence-corrected chi connectivity index (χ0v) is 18.6. The van der Waals surface area contributed by atoms with Gasteiger partial charge in [0.25, 0.3) is 5.56 Å². The predicted octanol–water partition coefficient (Wildman–Crippen LogP) is 5.13. The zero-order chi connectivity index (χ0) is 22.0. The molecule has 2 aromatic carbocycles. The molecular weight excluding hydrogens is 455 g/mol. The van der Waals surface area contributed by atoms with Crippen LogP contribution in [0.1, 0.15) is 5.56 Å². The van der Waals surface area contributed by atoms with Gasteiger partial charge in [0.05, 0.1) is 32.4 Å². The number of nitrogens with zero attached hydrogens (tertiary/aromatic N) is 3. The number of fused-ring (bicyclic) bond motifs is 1. The molecule has 4 aromatic rings. The molecule has 9 heteroatoms. The van der Waals surface area contributed by atoms with Crippen LogP contribution in [0.15, 0.2) is 70.7 Å². The highest BCUT2D eigenvalue weighted by Gasteiger charge is 2.15. The number of carbonyl (C=O) groups excluding carboxylic acids is 1. The zero-order valence-electron chi connectivity index (χ0n) is 16.3. The van der Waals surface area contributed by atoms with Gasteiger partial charge in [0, 0.05) is 6.20 Å². The molecule has 0 saturated heterocycles. The van der Waals surface area contributed by atoms with Crippen molar-refractivity contribution in [1.82, 2.24) is 14.5 Å². The third kappa shape index (κ3) is 4.74. The van der Waals surface area contributed by atoms with Gasteiger partial charge in [-0.2, -0.15) is 0 Å². The molecule has 156 valence electrons. The Morgan fingerprint density at radius 3 is 2.61 bits per heavy atom. The number of aromatic nitrogens is 3. The Kier molecular flexibility index (Phi) is 6.27. The fourth-order valence-corrected chi connectivity index (χ4v) is 4.18. The van der Waals surface area contributed by atoms with Crippen molar-refractivity contribution in [1.29, 1.82) is 0 Å². The third-order valence-corrected chi connectivity index (χ3v) is 5.87. The van der Waals surface area contributed by atoms with Gasteiger partial charge in [-0.05, 0) is 37.3 Å². The number of halogens is 2. The first-order valence-electron chi connectivity index (χ1n) is 9.25. The first-order valence-corrected chi connectivity index (χ1v) is 11.0. The summed E-state index contributed by atoms with van der Waals surface area (Å²) in [6.07, 6.45) is 1.40. The van der Waals surface area contributed by atoms with E-state index < -0.39 is 0 Å². The summed E-state index contributed by atoms with van der Waals surface area (Å²) in [5.41, 5.74) is 2.13. The van der Waals surface area contributed by atoms with Gasteiger partial charge in [-0.15, -0.1) is 0 Å². The van der Waals surface area contributed by atoms with Crippen molar-refractivity contribution in [2.45, 2.75) is 12.1 Å². The summed E-state index contributed by atoms with van der Waals surface area (Å²) in [5.74, 6) is -0.101. The average molecular weight is 471 g/mol. The minimum Gasteiger partial charge on any atom is -0.309 e. The van der Waals surface area contributed by atoms with Crippen LogP contribution in [0, 0.1) is 6.92 Å². The van der Waals surface area contributed by atoms with E-state index in [2.05, 4.69) is 15.3 Å². The predicted molar refractivity (Wildman–Crippen MR) is 126 cm³/mol. The summed E-state index contributed by atoms with van der Waals surface area (Å²) in [6, 6.07) is 16.2. The quantitative estimate of drug-likeness (QED) is 0.323. The van der Waals surface area contributed by atoms with Gasteiger partial charge in [-0.1, -0.05) is 64.8 Å². The highest BCUT2D eigenvalue weighted by molar-refractivity contribution is 7.99. The number of pyridine rings is 1. The number of hydrogen-bond donors (Lipinski definition) is 1. The van der Waals surface area contributed by atoms with Crippen LogP contribution in [-0.4, -0.2) is 26.2 Å². The first-order chi connectivity index (χ1) is 14.9. The lowest BCUT2D eigenvalue weighted by molar-refractivity contribution is -0.113. The van der Waals surface area contributed by atoms with E-state index in [4.69, 9.17) is 23.2 Å². The van der Waals surface area contributed by atoms with Crippen molar-refractivity contribution >= 4 is 57.6 Å². The second-order valence-corrected chi connectivity index (χ2v) is 8.49.